The summed E-state index contributed by atoms with van der Waals surface area (Å²) < 4.78 is 11.0. The fraction of sp³-hybridized carbons (Fsp3) is 0.381. The smallest absolute Gasteiger partial charge is 0.338 e. The Hall–Kier alpha value is -2.29. The number of hydrogen-bond donors (Lipinski definition) is 0. The Bertz CT molecular complexity index is 615. The van der Waals surface area contributed by atoms with E-state index in [2.05, 4.69) is 6.92 Å². The van der Waals surface area contributed by atoms with Gasteiger partial charge in [-0.2, -0.15) is 0 Å². The van der Waals surface area contributed by atoms with E-state index in [-0.39, 0.29) is 12.6 Å². The maximum absolute atomic E-state index is 12.1. The molecular weight excluding hydrogens is 300 g/mol. The highest BCUT2D eigenvalue weighted by Crippen LogP contribution is 2.14. The minimum absolute atomic E-state index is 0.287. The predicted octanol–water partition coefficient (Wildman–Crippen LogP) is 5.31. The van der Waals surface area contributed by atoms with Gasteiger partial charge in [0, 0.05) is 0 Å². The van der Waals surface area contributed by atoms with Gasteiger partial charge in [0.25, 0.3) is 0 Å². The molecule has 3 nitrogen and oxygen atoms in total. The summed E-state index contributed by atoms with van der Waals surface area (Å²) in [6.07, 6.45) is 4.72. The Morgan fingerprint density at radius 1 is 0.917 bits per heavy atom. The molecule has 2 rings (SSSR count). The van der Waals surface area contributed by atoms with Gasteiger partial charge in [-0.05, 0) is 43.2 Å². The molecule has 0 spiro atoms. The normalized spacial score (nSPS) is 10.4. The van der Waals surface area contributed by atoms with Crippen LogP contribution in [0.2, 0.25) is 0 Å². The first-order valence-corrected chi connectivity index (χ1v) is 8.64. The first-order valence-electron chi connectivity index (χ1n) is 8.64. The summed E-state index contributed by atoms with van der Waals surface area (Å²) in [4.78, 5) is 12.1. The van der Waals surface area contributed by atoms with E-state index in [4.69, 9.17) is 9.47 Å². The third-order valence-corrected chi connectivity index (χ3v) is 3.85. The van der Waals surface area contributed by atoms with Crippen molar-refractivity contribution in [1.29, 1.82) is 0 Å². The lowest BCUT2D eigenvalue weighted by atomic mass is 10.2. The monoisotopic (exact) mass is 326 g/mol. The van der Waals surface area contributed by atoms with Gasteiger partial charge in [0.15, 0.2) is 0 Å². The summed E-state index contributed by atoms with van der Waals surface area (Å²) in [6.45, 7) is 5.23. The van der Waals surface area contributed by atoms with Crippen molar-refractivity contribution in [1.82, 2.24) is 0 Å². The van der Waals surface area contributed by atoms with E-state index >= 15 is 0 Å². The maximum atomic E-state index is 12.1. The molecule has 2 aromatic rings. The second-order valence-corrected chi connectivity index (χ2v) is 6.00. The Morgan fingerprint density at radius 3 is 2.29 bits per heavy atom. The fourth-order valence-corrected chi connectivity index (χ4v) is 2.32. The van der Waals surface area contributed by atoms with Crippen LogP contribution in [-0.2, 0) is 11.3 Å². The zero-order valence-electron chi connectivity index (χ0n) is 14.6. The number of rotatable bonds is 9. The van der Waals surface area contributed by atoms with Crippen molar-refractivity contribution in [2.75, 3.05) is 6.61 Å². The lowest BCUT2D eigenvalue weighted by Crippen LogP contribution is -2.05. The van der Waals surface area contributed by atoms with Gasteiger partial charge in [-0.3, -0.25) is 0 Å². The summed E-state index contributed by atoms with van der Waals surface area (Å²) in [7, 11) is 0. The third kappa shape index (κ3) is 6.07. The molecule has 0 bridgehead atoms. The first-order chi connectivity index (χ1) is 11.7. The zero-order valence-corrected chi connectivity index (χ0v) is 14.6. The second-order valence-electron chi connectivity index (χ2n) is 6.00. The van der Waals surface area contributed by atoms with Gasteiger partial charge in [-0.25, -0.2) is 4.79 Å². The highest BCUT2D eigenvalue weighted by molar-refractivity contribution is 5.89. The van der Waals surface area contributed by atoms with Crippen molar-refractivity contribution in [3.63, 3.8) is 0 Å². The van der Waals surface area contributed by atoms with Gasteiger partial charge in [-0.1, -0.05) is 56.0 Å². The topological polar surface area (TPSA) is 35.5 Å². The number of aryl methyl sites for hydroxylation is 1. The molecule has 3 heteroatoms. The Labute approximate surface area is 144 Å². The minimum atomic E-state index is -0.315. The molecule has 0 aliphatic carbocycles. The third-order valence-electron chi connectivity index (χ3n) is 3.85. The van der Waals surface area contributed by atoms with Crippen molar-refractivity contribution in [3.05, 3.63) is 65.2 Å². The van der Waals surface area contributed by atoms with Gasteiger partial charge in [0.2, 0.25) is 0 Å². The number of hydrogen-bond acceptors (Lipinski definition) is 3. The van der Waals surface area contributed by atoms with Crippen molar-refractivity contribution >= 4 is 5.97 Å². The molecule has 0 N–H and O–H groups in total. The molecule has 0 heterocycles. The average Bonchev–Trinajstić information content (AvgIpc) is 2.61. The van der Waals surface area contributed by atoms with Gasteiger partial charge < -0.3 is 9.47 Å². The van der Waals surface area contributed by atoms with Gasteiger partial charge in [0.1, 0.15) is 12.4 Å². The maximum Gasteiger partial charge on any atom is 0.338 e. The molecule has 24 heavy (non-hydrogen) atoms. The first kappa shape index (κ1) is 18.1. The molecule has 128 valence electrons. The van der Waals surface area contributed by atoms with E-state index < -0.39 is 0 Å². The van der Waals surface area contributed by atoms with E-state index in [9.17, 15) is 4.79 Å². The number of ether oxygens (including phenoxy) is 2. The van der Waals surface area contributed by atoms with Crippen LogP contribution in [-0.4, -0.2) is 12.6 Å². The van der Waals surface area contributed by atoms with Crippen molar-refractivity contribution in [2.45, 2.75) is 46.1 Å². The van der Waals surface area contributed by atoms with Crippen LogP contribution in [0, 0.1) is 6.92 Å². The molecule has 0 saturated carbocycles. The lowest BCUT2D eigenvalue weighted by molar-refractivity contribution is 0.0472. The van der Waals surface area contributed by atoms with E-state index in [1.165, 1.54) is 24.8 Å². The number of benzene rings is 2. The van der Waals surface area contributed by atoms with Crippen LogP contribution in [0.15, 0.2) is 48.5 Å². The molecule has 0 aromatic heterocycles. The molecular formula is C21H26O3. The second kappa shape index (κ2) is 9.76. The molecule has 2 aromatic carbocycles. The quantitative estimate of drug-likeness (QED) is 0.462. The molecule has 0 radical (unpaired) electrons. The van der Waals surface area contributed by atoms with Crippen LogP contribution in [0.3, 0.4) is 0 Å². The van der Waals surface area contributed by atoms with Crippen LogP contribution in [0.5, 0.6) is 5.75 Å². The number of carbonyl (C=O) groups is 1. The summed E-state index contributed by atoms with van der Waals surface area (Å²) in [5.41, 5.74) is 2.72. The van der Waals surface area contributed by atoms with Gasteiger partial charge in [0.05, 0.1) is 12.2 Å². The van der Waals surface area contributed by atoms with Crippen LogP contribution in [0.25, 0.3) is 0 Å². The molecule has 0 fully saturated rings. The Morgan fingerprint density at radius 2 is 1.62 bits per heavy atom. The van der Waals surface area contributed by atoms with E-state index in [1.807, 2.05) is 43.3 Å². The number of carbonyl (C=O) groups excluding carboxylic acids is 1. The van der Waals surface area contributed by atoms with Crippen molar-refractivity contribution in [3.8, 4) is 5.75 Å². The lowest BCUT2D eigenvalue weighted by Gasteiger charge is -2.08. The summed E-state index contributed by atoms with van der Waals surface area (Å²) in [6, 6.07) is 15.1. The summed E-state index contributed by atoms with van der Waals surface area (Å²) in [5, 5.41) is 0. The SMILES string of the molecule is CCCCCCOc1ccc(C(=O)OCc2ccc(C)cc2)cc1. The molecule has 0 atom stereocenters. The molecule has 0 aliphatic rings. The zero-order chi connectivity index (χ0) is 17.2. The highest BCUT2D eigenvalue weighted by Gasteiger charge is 2.07. The van der Waals surface area contributed by atoms with Crippen LogP contribution >= 0.6 is 0 Å². The minimum Gasteiger partial charge on any atom is -0.494 e. The van der Waals surface area contributed by atoms with Crippen LogP contribution in [0.1, 0.15) is 54.1 Å². The molecule has 0 saturated heterocycles. The number of unbranched alkanes of at least 4 members (excludes halogenated alkanes) is 3. The molecule has 0 aliphatic heterocycles. The van der Waals surface area contributed by atoms with E-state index in [1.54, 1.807) is 12.1 Å². The average molecular weight is 326 g/mol. The standard InChI is InChI=1S/C21H26O3/c1-3-4-5-6-15-23-20-13-11-19(12-14-20)21(22)24-16-18-9-7-17(2)8-10-18/h7-14H,3-6,15-16H2,1-2H3. The summed E-state index contributed by atoms with van der Waals surface area (Å²) >= 11 is 0. The Kier molecular flexibility index (Phi) is 7.34. The van der Waals surface area contributed by atoms with Gasteiger partial charge in [-0.15, -0.1) is 0 Å². The van der Waals surface area contributed by atoms with Crippen molar-refractivity contribution < 1.29 is 14.3 Å². The highest BCUT2D eigenvalue weighted by atomic mass is 16.5. The largest absolute Gasteiger partial charge is 0.494 e. The van der Waals surface area contributed by atoms with Crippen molar-refractivity contribution in [2.24, 2.45) is 0 Å². The van der Waals surface area contributed by atoms with Crippen LogP contribution < -0.4 is 4.74 Å². The summed E-state index contributed by atoms with van der Waals surface area (Å²) in [5.74, 6) is 0.478. The Balaban J connectivity index is 1.77. The van der Waals surface area contributed by atoms with Crippen LogP contribution in [0.4, 0.5) is 0 Å². The molecule has 0 amide bonds. The molecule has 0 unspecified atom stereocenters. The predicted molar refractivity (Wildman–Crippen MR) is 96.4 cm³/mol. The van der Waals surface area contributed by atoms with E-state index in [0.29, 0.717) is 5.56 Å². The fourth-order valence-electron chi connectivity index (χ4n) is 2.32. The number of esters is 1. The van der Waals surface area contributed by atoms with Gasteiger partial charge >= 0.3 is 5.97 Å². The van der Waals surface area contributed by atoms with E-state index in [0.717, 1.165) is 24.3 Å².